The maximum Gasteiger partial charge on any atom is 0.443 e. The Labute approximate surface area is 126 Å². The third-order valence-electron chi connectivity index (χ3n) is 2.16. The summed E-state index contributed by atoms with van der Waals surface area (Å²) in [7, 11) is 1.20. The number of hydrogen-bond acceptors (Lipinski definition) is 4. The van der Waals surface area contributed by atoms with Gasteiger partial charge in [-0.1, -0.05) is 30.1 Å². The molecule has 2 amide bonds. The van der Waals surface area contributed by atoms with Gasteiger partial charge in [-0.3, -0.25) is 5.32 Å². The van der Waals surface area contributed by atoms with Crippen LogP contribution in [0.3, 0.4) is 0 Å². The van der Waals surface area contributed by atoms with E-state index in [0.717, 1.165) is 5.06 Å². The molecule has 0 radical (unpaired) electrons. The molecule has 0 aliphatic heterocycles. The van der Waals surface area contributed by atoms with Crippen molar-refractivity contribution < 1.29 is 19.2 Å². The molecule has 110 valence electrons. The zero-order valence-corrected chi connectivity index (χ0v) is 12.5. The number of ether oxygens (including phenoxy) is 1. The first-order valence-electron chi connectivity index (χ1n) is 5.77. The van der Waals surface area contributed by atoms with Crippen LogP contribution in [0.15, 0.2) is 18.2 Å². The molecule has 1 aromatic carbocycles. The van der Waals surface area contributed by atoms with Gasteiger partial charge in [0.1, 0.15) is 0 Å². The first-order valence-corrected chi connectivity index (χ1v) is 6.53. The molecule has 0 heterocycles. The van der Waals surface area contributed by atoms with Gasteiger partial charge in [0.15, 0.2) is 0 Å². The lowest BCUT2D eigenvalue weighted by Crippen LogP contribution is -2.35. The van der Waals surface area contributed by atoms with Gasteiger partial charge >= 0.3 is 12.2 Å². The molecule has 1 rings (SSSR count). The fourth-order valence-electron chi connectivity index (χ4n) is 1.29. The highest BCUT2D eigenvalue weighted by molar-refractivity contribution is 6.42. The molecule has 20 heavy (non-hydrogen) atoms. The largest absolute Gasteiger partial charge is 0.451 e. The number of nitrogens with zero attached hydrogens (tertiary/aromatic N) is 1. The van der Waals surface area contributed by atoms with Crippen LogP contribution in [0.5, 0.6) is 0 Å². The van der Waals surface area contributed by atoms with E-state index in [0.29, 0.717) is 22.2 Å². The van der Waals surface area contributed by atoms with Crippen molar-refractivity contribution in [2.75, 3.05) is 19.0 Å². The van der Waals surface area contributed by atoms with E-state index in [4.69, 9.17) is 28.0 Å². The van der Waals surface area contributed by atoms with Crippen LogP contribution in [0.25, 0.3) is 0 Å². The molecule has 0 aliphatic carbocycles. The number of carbonyl (C=O) groups is 2. The van der Waals surface area contributed by atoms with Crippen molar-refractivity contribution >= 4 is 41.1 Å². The topological polar surface area (TPSA) is 67.9 Å². The molecule has 0 bridgehead atoms. The molecule has 0 atom stereocenters. The monoisotopic (exact) mass is 320 g/mol. The fraction of sp³-hybridized carbons (Fsp3) is 0.333. The second kappa shape index (κ2) is 7.81. The highest BCUT2D eigenvalue weighted by Crippen LogP contribution is 2.25. The Morgan fingerprint density at radius 2 is 2.00 bits per heavy atom. The van der Waals surface area contributed by atoms with Crippen LogP contribution in [0.4, 0.5) is 15.3 Å². The molecule has 0 unspecified atom stereocenters. The Morgan fingerprint density at radius 3 is 2.55 bits per heavy atom. The summed E-state index contributed by atoms with van der Waals surface area (Å²) in [6.45, 7) is 2.05. The minimum Gasteiger partial charge on any atom is -0.451 e. The highest BCUT2D eigenvalue weighted by Gasteiger charge is 2.18. The molecule has 0 spiro atoms. The number of halogens is 2. The van der Waals surface area contributed by atoms with Crippen molar-refractivity contribution in [1.82, 2.24) is 5.06 Å². The number of nitrogens with one attached hydrogen (secondary N) is 1. The second-order valence-corrected chi connectivity index (χ2v) is 4.52. The summed E-state index contributed by atoms with van der Waals surface area (Å²) in [6, 6.07) is 4.55. The fourth-order valence-corrected chi connectivity index (χ4v) is 1.59. The smallest absolute Gasteiger partial charge is 0.443 e. The minimum absolute atomic E-state index is 0.224. The Kier molecular flexibility index (Phi) is 6.41. The predicted octanol–water partition coefficient (Wildman–Crippen LogP) is 3.94. The summed E-state index contributed by atoms with van der Waals surface area (Å²) in [4.78, 5) is 27.9. The number of anilines is 1. The van der Waals surface area contributed by atoms with E-state index in [2.05, 4.69) is 10.1 Å². The number of amides is 2. The van der Waals surface area contributed by atoms with Gasteiger partial charge in [-0.15, -0.1) is 5.06 Å². The second-order valence-electron chi connectivity index (χ2n) is 3.70. The maximum absolute atomic E-state index is 11.7. The van der Waals surface area contributed by atoms with Gasteiger partial charge in [0.05, 0.1) is 23.7 Å². The first-order chi connectivity index (χ1) is 9.47. The van der Waals surface area contributed by atoms with Gasteiger partial charge in [-0.25, -0.2) is 9.59 Å². The summed E-state index contributed by atoms with van der Waals surface area (Å²) in [5.41, 5.74) is 0.394. The zero-order valence-electron chi connectivity index (χ0n) is 11.0. The van der Waals surface area contributed by atoms with Crippen molar-refractivity contribution in [3.8, 4) is 0 Å². The van der Waals surface area contributed by atoms with E-state index in [1.807, 2.05) is 6.92 Å². The van der Waals surface area contributed by atoms with E-state index in [-0.39, 0.29) is 6.54 Å². The lowest BCUT2D eigenvalue weighted by atomic mass is 10.3. The Morgan fingerprint density at radius 1 is 1.30 bits per heavy atom. The molecular weight excluding hydrogens is 307 g/mol. The number of methoxy groups -OCH3 is 1. The molecule has 1 N–H and O–H groups in total. The van der Waals surface area contributed by atoms with Gasteiger partial charge in [-0.05, 0) is 24.6 Å². The van der Waals surface area contributed by atoms with Gasteiger partial charge in [0.25, 0.3) is 0 Å². The molecular formula is C12H14Cl2N2O4. The normalized spacial score (nSPS) is 9.80. The van der Waals surface area contributed by atoms with Crippen molar-refractivity contribution in [2.45, 2.75) is 13.3 Å². The van der Waals surface area contributed by atoms with Crippen molar-refractivity contribution in [1.29, 1.82) is 0 Å². The van der Waals surface area contributed by atoms with E-state index < -0.39 is 12.2 Å². The van der Waals surface area contributed by atoms with E-state index in [9.17, 15) is 9.59 Å². The Balaban J connectivity index is 2.65. The lowest BCUT2D eigenvalue weighted by molar-refractivity contribution is -0.0738. The van der Waals surface area contributed by atoms with Gasteiger partial charge in [0, 0.05) is 5.69 Å². The summed E-state index contributed by atoms with van der Waals surface area (Å²) >= 11 is 11.6. The standard InChI is InChI=1S/C12H14Cl2N2O4/c1-3-6-16(12(18)19-2)20-11(17)15-8-4-5-9(13)10(14)7-8/h4-5,7H,3,6H2,1-2H3,(H,15,17). The average Bonchev–Trinajstić information content (AvgIpc) is 2.41. The number of hydrogen-bond donors (Lipinski definition) is 1. The first kappa shape index (κ1) is 16.4. The molecule has 0 saturated carbocycles. The van der Waals surface area contributed by atoms with E-state index >= 15 is 0 Å². The van der Waals surface area contributed by atoms with Crippen molar-refractivity contribution in [3.05, 3.63) is 28.2 Å². The average molecular weight is 321 g/mol. The number of benzene rings is 1. The number of hydroxylamine groups is 2. The van der Waals surface area contributed by atoms with Crippen molar-refractivity contribution in [2.24, 2.45) is 0 Å². The quantitative estimate of drug-likeness (QED) is 0.856. The summed E-state index contributed by atoms with van der Waals surface area (Å²) in [6.07, 6.45) is -0.979. The van der Waals surface area contributed by atoms with Crippen LogP contribution >= 0.6 is 23.2 Å². The Hall–Kier alpha value is -1.66. The van der Waals surface area contributed by atoms with Gasteiger partial charge in [0.2, 0.25) is 0 Å². The summed E-state index contributed by atoms with van der Waals surface area (Å²) in [5, 5.41) is 3.91. The van der Waals surface area contributed by atoms with Crippen LogP contribution < -0.4 is 5.32 Å². The van der Waals surface area contributed by atoms with Crippen LogP contribution in [0.2, 0.25) is 10.0 Å². The Bertz CT molecular complexity index is 496. The molecule has 0 aromatic heterocycles. The molecule has 0 aliphatic rings. The predicted molar refractivity (Wildman–Crippen MR) is 76.0 cm³/mol. The molecule has 1 aromatic rings. The van der Waals surface area contributed by atoms with Crippen LogP contribution in [0, 0.1) is 0 Å². The molecule has 0 saturated heterocycles. The molecule has 6 nitrogen and oxygen atoms in total. The van der Waals surface area contributed by atoms with Gasteiger partial charge in [-0.2, -0.15) is 0 Å². The third-order valence-corrected chi connectivity index (χ3v) is 2.90. The number of rotatable bonds is 3. The number of carbonyl (C=O) groups excluding carboxylic acids is 2. The SMILES string of the molecule is CCCN(OC(=O)Nc1ccc(Cl)c(Cl)c1)C(=O)OC. The van der Waals surface area contributed by atoms with E-state index in [1.54, 1.807) is 6.07 Å². The third kappa shape index (κ3) is 4.79. The van der Waals surface area contributed by atoms with Crippen LogP contribution in [-0.2, 0) is 9.57 Å². The van der Waals surface area contributed by atoms with Gasteiger partial charge < -0.3 is 9.57 Å². The summed E-state index contributed by atoms with van der Waals surface area (Å²) < 4.78 is 4.49. The van der Waals surface area contributed by atoms with E-state index in [1.165, 1.54) is 19.2 Å². The minimum atomic E-state index is -0.831. The zero-order chi connectivity index (χ0) is 15.1. The van der Waals surface area contributed by atoms with Crippen molar-refractivity contribution in [3.63, 3.8) is 0 Å². The highest BCUT2D eigenvalue weighted by atomic mass is 35.5. The maximum atomic E-state index is 11.7. The van der Waals surface area contributed by atoms with Crippen LogP contribution in [-0.4, -0.2) is 30.9 Å². The molecule has 0 fully saturated rings. The van der Waals surface area contributed by atoms with Crippen LogP contribution in [0.1, 0.15) is 13.3 Å². The summed E-state index contributed by atoms with van der Waals surface area (Å²) in [5.74, 6) is 0. The molecule has 8 heteroatoms. The lowest BCUT2D eigenvalue weighted by Gasteiger charge is -2.19.